The lowest BCUT2D eigenvalue weighted by molar-refractivity contribution is -0.138. The summed E-state index contributed by atoms with van der Waals surface area (Å²) in [5, 5.41) is 0. The molecule has 2 N–H and O–H groups in total. The number of hydrogen-bond donors (Lipinski definition) is 1. The van der Waals surface area contributed by atoms with Gasteiger partial charge in [-0.3, -0.25) is 0 Å². The highest BCUT2D eigenvalue weighted by Gasteiger charge is 2.39. The maximum absolute atomic E-state index is 12.5. The predicted octanol–water partition coefficient (Wildman–Crippen LogP) is 2.99. The summed E-state index contributed by atoms with van der Waals surface area (Å²) in [6.07, 6.45) is -4.62. The fourth-order valence-electron chi connectivity index (χ4n) is 1.60. The van der Waals surface area contributed by atoms with Gasteiger partial charge < -0.3 is 5.73 Å². The molecule has 4 nitrogen and oxygen atoms in total. The molecule has 0 aliphatic rings. The number of halogens is 4. The summed E-state index contributed by atoms with van der Waals surface area (Å²) in [6.45, 7) is 1.19. The van der Waals surface area contributed by atoms with Gasteiger partial charge >= 0.3 is 6.18 Å². The van der Waals surface area contributed by atoms with E-state index in [1.807, 2.05) is 0 Å². The van der Waals surface area contributed by atoms with Gasteiger partial charge in [-0.2, -0.15) is 17.5 Å². The van der Waals surface area contributed by atoms with Crippen molar-refractivity contribution in [3.8, 4) is 0 Å². The minimum atomic E-state index is -4.62. The van der Waals surface area contributed by atoms with Crippen molar-refractivity contribution in [2.45, 2.75) is 31.0 Å². The Kier molecular flexibility index (Phi) is 5.09. The molecule has 0 aromatic heterocycles. The second-order valence-electron chi connectivity index (χ2n) is 4.44. The molecule has 114 valence electrons. The van der Waals surface area contributed by atoms with Crippen molar-refractivity contribution in [3.63, 3.8) is 0 Å². The predicted molar refractivity (Wildman–Crippen MR) is 73.6 cm³/mol. The van der Waals surface area contributed by atoms with Gasteiger partial charge in [0.1, 0.15) is 11.4 Å². The van der Waals surface area contributed by atoms with Gasteiger partial charge in [-0.1, -0.05) is 15.9 Å². The van der Waals surface area contributed by atoms with Crippen LogP contribution in [0.3, 0.4) is 0 Å². The lowest BCUT2D eigenvalue weighted by atomic mass is 10.3. The van der Waals surface area contributed by atoms with E-state index in [1.54, 1.807) is 0 Å². The molecule has 0 saturated carbocycles. The van der Waals surface area contributed by atoms with Gasteiger partial charge in [-0.05, 0) is 32.0 Å². The van der Waals surface area contributed by atoms with E-state index in [4.69, 9.17) is 5.73 Å². The number of nitrogens with zero attached hydrogens (tertiary/aromatic N) is 1. The lowest BCUT2D eigenvalue weighted by Gasteiger charge is -2.27. The molecule has 1 aromatic rings. The molecule has 0 bridgehead atoms. The van der Waals surface area contributed by atoms with Crippen LogP contribution in [0.25, 0.3) is 0 Å². The minimum absolute atomic E-state index is 0.104. The van der Waals surface area contributed by atoms with Gasteiger partial charge in [0.15, 0.2) is 0 Å². The zero-order chi connectivity index (χ0) is 15.7. The van der Waals surface area contributed by atoms with E-state index in [0.29, 0.717) is 8.78 Å². The van der Waals surface area contributed by atoms with Crippen molar-refractivity contribution in [3.05, 3.63) is 22.7 Å². The van der Waals surface area contributed by atoms with Gasteiger partial charge in [-0.25, -0.2) is 8.42 Å². The molecular weight excluding hydrogens is 361 g/mol. The number of rotatable bonds is 4. The first-order chi connectivity index (χ1) is 8.95. The first-order valence-electron chi connectivity index (χ1n) is 5.59. The molecule has 0 aliphatic carbocycles. The fourth-order valence-corrected chi connectivity index (χ4v) is 3.70. The Hall–Kier alpha value is -0.800. The average Bonchev–Trinajstić information content (AvgIpc) is 2.23. The quantitative estimate of drug-likeness (QED) is 0.823. The van der Waals surface area contributed by atoms with Gasteiger partial charge in [-0.15, -0.1) is 0 Å². The summed E-state index contributed by atoms with van der Waals surface area (Å²) >= 11 is 3.11. The number of nitrogens with two attached hydrogens (primary N) is 1. The molecule has 0 aliphatic heterocycles. The topological polar surface area (TPSA) is 63.4 Å². The Bertz CT molecular complexity index is 588. The first-order valence-corrected chi connectivity index (χ1v) is 7.82. The van der Waals surface area contributed by atoms with E-state index in [9.17, 15) is 21.6 Å². The molecule has 9 heteroatoms. The van der Waals surface area contributed by atoms with Gasteiger partial charge in [0.25, 0.3) is 0 Å². The molecule has 0 unspecified atom stereocenters. The van der Waals surface area contributed by atoms with Crippen molar-refractivity contribution in [1.82, 2.24) is 4.31 Å². The van der Waals surface area contributed by atoms with Crippen LogP contribution in [0.1, 0.15) is 13.8 Å². The SMILES string of the molecule is CC(C)N(CC(F)(F)F)S(=O)(=O)c1ccc(Br)cc1N. The van der Waals surface area contributed by atoms with E-state index >= 15 is 0 Å². The average molecular weight is 375 g/mol. The number of hydrogen-bond acceptors (Lipinski definition) is 3. The Morgan fingerprint density at radius 3 is 2.30 bits per heavy atom. The lowest BCUT2D eigenvalue weighted by Crippen LogP contribution is -2.43. The maximum atomic E-state index is 12.5. The fraction of sp³-hybridized carbons (Fsp3) is 0.455. The minimum Gasteiger partial charge on any atom is -0.398 e. The van der Waals surface area contributed by atoms with Crippen LogP contribution in [-0.4, -0.2) is 31.5 Å². The highest BCUT2D eigenvalue weighted by molar-refractivity contribution is 9.10. The van der Waals surface area contributed by atoms with E-state index in [2.05, 4.69) is 15.9 Å². The zero-order valence-corrected chi connectivity index (χ0v) is 13.2. The standard InChI is InChI=1S/C11H14BrF3N2O2S/c1-7(2)17(6-11(13,14)15)20(18,19)10-4-3-8(12)5-9(10)16/h3-5,7H,6,16H2,1-2H3. The van der Waals surface area contributed by atoms with Crippen LogP contribution in [0.5, 0.6) is 0 Å². The molecule has 1 aromatic carbocycles. The summed E-state index contributed by atoms with van der Waals surface area (Å²) in [6, 6.07) is 3.08. The van der Waals surface area contributed by atoms with E-state index in [1.165, 1.54) is 32.0 Å². The monoisotopic (exact) mass is 374 g/mol. The summed E-state index contributed by atoms with van der Waals surface area (Å²) in [5.74, 6) is 0. The summed E-state index contributed by atoms with van der Waals surface area (Å²) in [7, 11) is -4.31. The van der Waals surface area contributed by atoms with E-state index in [0.717, 1.165) is 0 Å². The first kappa shape index (κ1) is 17.3. The van der Waals surface area contributed by atoms with Crippen molar-refractivity contribution < 1.29 is 21.6 Å². The van der Waals surface area contributed by atoms with Crippen LogP contribution < -0.4 is 5.73 Å². The number of anilines is 1. The number of benzene rings is 1. The summed E-state index contributed by atoms with van der Waals surface area (Å²) < 4.78 is 63.1. The Balaban J connectivity index is 3.30. The van der Waals surface area contributed by atoms with Crippen molar-refractivity contribution >= 4 is 31.6 Å². The van der Waals surface area contributed by atoms with Crippen LogP contribution in [0.4, 0.5) is 18.9 Å². The highest BCUT2D eigenvalue weighted by atomic mass is 79.9. The van der Waals surface area contributed by atoms with Crippen LogP contribution in [-0.2, 0) is 10.0 Å². The second kappa shape index (κ2) is 5.90. The van der Waals surface area contributed by atoms with Gasteiger partial charge in [0, 0.05) is 10.5 Å². The normalized spacial score (nSPS) is 13.2. The molecule has 0 atom stereocenters. The molecule has 0 spiro atoms. The van der Waals surface area contributed by atoms with Crippen molar-refractivity contribution in [2.75, 3.05) is 12.3 Å². The maximum Gasteiger partial charge on any atom is 0.402 e. The summed E-state index contributed by atoms with van der Waals surface area (Å²) in [5.41, 5.74) is 5.49. The number of nitrogen functional groups attached to an aromatic ring is 1. The Morgan fingerprint density at radius 2 is 1.90 bits per heavy atom. The Labute approximate surface area is 123 Å². The largest absolute Gasteiger partial charge is 0.402 e. The molecule has 0 fully saturated rings. The van der Waals surface area contributed by atoms with Crippen LogP contribution in [0, 0.1) is 0 Å². The molecular formula is C11H14BrF3N2O2S. The molecule has 0 radical (unpaired) electrons. The van der Waals surface area contributed by atoms with E-state index < -0.39 is 28.8 Å². The highest BCUT2D eigenvalue weighted by Crippen LogP contribution is 2.29. The van der Waals surface area contributed by atoms with Crippen molar-refractivity contribution in [2.24, 2.45) is 0 Å². The van der Waals surface area contributed by atoms with Crippen LogP contribution >= 0.6 is 15.9 Å². The molecule has 20 heavy (non-hydrogen) atoms. The third-order valence-corrected chi connectivity index (χ3v) is 5.06. The van der Waals surface area contributed by atoms with Gasteiger partial charge in [0.05, 0.1) is 5.69 Å². The molecule has 1 rings (SSSR count). The van der Waals surface area contributed by atoms with Crippen LogP contribution in [0.15, 0.2) is 27.6 Å². The van der Waals surface area contributed by atoms with Gasteiger partial charge in [0.2, 0.25) is 10.0 Å². The molecule has 0 heterocycles. The third kappa shape index (κ3) is 4.10. The second-order valence-corrected chi connectivity index (χ2v) is 7.22. The van der Waals surface area contributed by atoms with E-state index in [-0.39, 0.29) is 10.6 Å². The molecule has 0 saturated heterocycles. The smallest absolute Gasteiger partial charge is 0.398 e. The van der Waals surface area contributed by atoms with Crippen LogP contribution in [0.2, 0.25) is 0 Å². The number of alkyl halides is 3. The zero-order valence-electron chi connectivity index (χ0n) is 10.8. The third-order valence-electron chi connectivity index (χ3n) is 2.47. The number of sulfonamides is 1. The Morgan fingerprint density at radius 1 is 1.35 bits per heavy atom. The van der Waals surface area contributed by atoms with Crippen molar-refractivity contribution in [1.29, 1.82) is 0 Å². The molecule has 0 amide bonds. The summed E-state index contributed by atoms with van der Waals surface area (Å²) in [4.78, 5) is -0.335.